The maximum Gasteiger partial charge on any atom is 0.120 e. The molecule has 0 amide bonds. The SMILES string of the molecule is CN(C)CCOc1ccc2c(c1)C(c1ccccc1)=C[C@@H]1[C@@H]2CC[C@]2(C)[C@@H](O)CC[C@@H]12.Cl. The quantitative estimate of drug-likeness (QED) is 0.624. The van der Waals surface area contributed by atoms with Crippen molar-refractivity contribution in [1.82, 2.24) is 4.90 Å². The number of benzene rings is 2. The van der Waals surface area contributed by atoms with Gasteiger partial charge in [0.15, 0.2) is 0 Å². The zero-order valence-corrected chi connectivity index (χ0v) is 20.3. The van der Waals surface area contributed by atoms with E-state index < -0.39 is 0 Å². The standard InChI is InChI=1S/C28H35NO2.ClH/c1-28-14-13-22-21-10-9-20(31-16-15-29(2)3)17-24(21)23(19-7-5-4-6-8-19)18-25(22)26(28)11-12-27(28)30;/h4-10,17-18,22,25-27,30H,11-16H2,1-3H3;1H/t22-,25-,26+,27+,28+;/m1./s1. The number of rotatable bonds is 5. The van der Waals surface area contributed by atoms with Crippen LogP contribution in [0.5, 0.6) is 5.75 Å². The maximum atomic E-state index is 10.8. The molecule has 2 aromatic rings. The third-order valence-corrected chi connectivity index (χ3v) is 8.25. The first kappa shape index (κ1) is 23.4. The third kappa shape index (κ3) is 4.00. The van der Waals surface area contributed by atoms with Gasteiger partial charge in [-0.3, -0.25) is 0 Å². The van der Waals surface area contributed by atoms with E-state index in [9.17, 15) is 5.11 Å². The van der Waals surface area contributed by atoms with Crippen molar-refractivity contribution in [2.24, 2.45) is 17.3 Å². The van der Waals surface area contributed by atoms with Gasteiger partial charge in [0.05, 0.1) is 6.10 Å². The molecule has 4 heteroatoms. The van der Waals surface area contributed by atoms with Crippen molar-refractivity contribution in [3.63, 3.8) is 0 Å². The lowest BCUT2D eigenvalue weighted by molar-refractivity contribution is -0.00806. The number of allylic oxidation sites excluding steroid dienone is 1. The second kappa shape index (κ2) is 9.21. The molecule has 0 unspecified atom stereocenters. The van der Waals surface area contributed by atoms with E-state index in [1.54, 1.807) is 0 Å². The summed E-state index contributed by atoms with van der Waals surface area (Å²) in [6.07, 6.45) is 6.76. The minimum absolute atomic E-state index is 0. The maximum absolute atomic E-state index is 10.8. The molecular formula is C28H36ClNO2. The van der Waals surface area contributed by atoms with E-state index in [4.69, 9.17) is 4.74 Å². The molecule has 2 fully saturated rings. The van der Waals surface area contributed by atoms with E-state index in [0.29, 0.717) is 24.4 Å². The number of likely N-dealkylation sites (N-methyl/N-ethyl adjacent to an activating group) is 1. The molecule has 0 aromatic heterocycles. The van der Waals surface area contributed by atoms with Crippen molar-refractivity contribution in [3.8, 4) is 5.75 Å². The van der Waals surface area contributed by atoms with Crippen molar-refractivity contribution in [2.75, 3.05) is 27.2 Å². The minimum Gasteiger partial charge on any atom is -0.492 e. The van der Waals surface area contributed by atoms with Gasteiger partial charge in [-0.05, 0) is 97.3 Å². The predicted octanol–water partition coefficient (Wildman–Crippen LogP) is 5.76. The van der Waals surface area contributed by atoms with Gasteiger partial charge >= 0.3 is 0 Å². The summed E-state index contributed by atoms with van der Waals surface area (Å²) in [6.45, 7) is 3.94. The highest BCUT2D eigenvalue weighted by Gasteiger charge is 2.54. The number of fused-ring (bicyclic) bond motifs is 5. The van der Waals surface area contributed by atoms with E-state index in [1.807, 2.05) is 0 Å². The van der Waals surface area contributed by atoms with Gasteiger partial charge in [-0.15, -0.1) is 12.4 Å². The largest absolute Gasteiger partial charge is 0.492 e. The number of ether oxygens (including phenoxy) is 1. The summed E-state index contributed by atoms with van der Waals surface area (Å²) >= 11 is 0. The van der Waals surface area contributed by atoms with Crippen molar-refractivity contribution >= 4 is 18.0 Å². The smallest absolute Gasteiger partial charge is 0.120 e. The lowest BCUT2D eigenvalue weighted by atomic mass is 9.56. The van der Waals surface area contributed by atoms with Gasteiger partial charge in [-0.2, -0.15) is 0 Å². The molecule has 2 saturated carbocycles. The van der Waals surface area contributed by atoms with Crippen molar-refractivity contribution in [1.29, 1.82) is 0 Å². The van der Waals surface area contributed by atoms with E-state index in [2.05, 4.69) is 80.5 Å². The highest BCUT2D eigenvalue weighted by molar-refractivity contribution is 5.85. The van der Waals surface area contributed by atoms with Crippen LogP contribution in [0.15, 0.2) is 54.6 Å². The van der Waals surface area contributed by atoms with Gasteiger partial charge in [0.25, 0.3) is 0 Å². The summed E-state index contributed by atoms with van der Waals surface area (Å²) < 4.78 is 6.10. The van der Waals surface area contributed by atoms with Crippen LogP contribution in [0.2, 0.25) is 0 Å². The average Bonchev–Trinajstić information content (AvgIpc) is 3.08. The summed E-state index contributed by atoms with van der Waals surface area (Å²) in [5.74, 6) is 2.56. The normalized spacial score (nSPS) is 30.6. The Morgan fingerprint density at radius 3 is 2.59 bits per heavy atom. The Morgan fingerprint density at radius 2 is 1.84 bits per heavy atom. The molecule has 0 bridgehead atoms. The Morgan fingerprint density at radius 1 is 1.06 bits per heavy atom. The second-order valence-corrected chi connectivity index (χ2v) is 10.3. The zero-order chi connectivity index (χ0) is 21.6. The van der Waals surface area contributed by atoms with E-state index in [1.165, 1.54) is 22.3 Å². The first-order valence-corrected chi connectivity index (χ1v) is 11.8. The Kier molecular flexibility index (Phi) is 6.72. The van der Waals surface area contributed by atoms with Gasteiger partial charge < -0.3 is 14.7 Å². The Balaban J connectivity index is 0.00000245. The summed E-state index contributed by atoms with van der Waals surface area (Å²) in [7, 11) is 4.15. The summed E-state index contributed by atoms with van der Waals surface area (Å²) in [4.78, 5) is 2.15. The molecule has 5 atom stereocenters. The summed E-state index contributed by atoms with van der Waals surface area (Å²) in [5, 5.41) is 10.8. The lowest BCUT2D eigenvalue weighted by Crippen LogP contribution is -2.42. The number of hydrogen-bond donors (Lipinski definition) is 1. The van der Waals surface area contributed by atoms with Crippen LogP contribution in [-0.4, -0.2) is 43.4 Å². The molecule has 32 heavy (non-hydrogen) atoms. The fourth-order valence-corrected chi connectivity index (χ4v) is 6.44. The number of aliphatic hydroxyl groups excluding tert-OH is 1. The van der Waals surface area contributed by atoms with E-state index in [0.717, 1.165) is 38.0 Å². The first-order chi connectivity index (χ1) is 15.0. The second-order valence-electron chi connectivity index (χ2n) is 10.3. The van der Waals surface area contributed by atoms with Gasteiger partial charge in [-0.25, -0.2) is 0 Å². The van der Waals surface area contributed by atoms with Gasteiger partial charge in [0.2, 0.25) is 0 Å². The van der Waals surface area contributed by atoms with Crippen LogP contribution in [0.25, 0.3) is 5.57 Å². The average molecular weight is 454 g/mol. The fourth-order valence-electron chi connectivity index (χ4n) is 6.44. The van der Waals surface area contributed by atoms with Crippen LogP contribution in [0, 0.1) is 17.3 Å². The van der Waals surface area contributed by atoms with Crippen molar-refractivity contribution in [3.05, 3.63) is 71.3 Å². The molecule has 172 valence electrons. The van der Waals surface area contributed by atoms with Crippen LogP contribution in [0.3, 0.4) is 0 Å². The van der Waals surface area contributed by atoms with Crippen LogP contribution in [0.4, 0.5) is 0 Å². The summed E-state index contributed by atoms with van der Waals surface area (Å²) in [6, 6.07) is 17.5. The Bertz CT molecular complexity index is 973. The monoisotopic (exact) mass is 453 g/mol. The highest BCUT2D eigenvalue weighted by Crippen LogP contribution is 2.61. The molecule has 0 saturated heterocycles. The van der Waals surface area contributed by atoms with Crippen LogP contribution in [-0.2, 0) is 0 Å². The number of nitrogens with zero attached hydrogens (tertiary/aromatic N) is 1. The van der Waals surface area contributed by atoms with E-state index >= 15 is 0 Å². The third-order valence-electron chi connectivity index (χ3n) is 8.25. The van der Waals surface area contributed by atoms with Crippen LogP contribution < -0.4 is 4.74 Å². The van der Waals surface area contributed by atoms with Gasteiger partial charge in [0.1, 0.15) is 12.4 Å². The molecule has 0 radical (unpaired) electrons. The van der Waals surface area contributed by atoms with Gasteiger partial charge in [-0.1, -0.05) is 49.4 Å². The topological polar surface area (TPSA) is 32.7 Å². The van der Waals surface area contributed by atoms with Crippen LogP contribution in [0.1, 0.15) is 55.2 Å². The van der Waals surface area contributed by atoms with Crippen LogP contribution >= 0.6 is 12.4 Å². The Hall–Kier alpha value is -1.81. The summed E-state index contributed by atoms with van der Waals surface area (Å²) in [5.41, 5.74) is 5.47. The lowest BCUT2D eigenvalue weighted by Gasteiger charge is -2.49. The number of hydrogen-bond acceptors (Lipinski definition) is 3. The predicted molar refractivity (Wildman–Crippen MR) is 134 cm³/mol. The molecule has 3 aliphatic carbocycles. The fraction of sp³-hybridized carbons (Fsp3) is 0.500. The van der Waals surface area contributed by atoms with Crippen molar-refractivity contribution in [2.45, 2.75) is 44.6 Å². The molecule has 1 N–H and O–H groups in total. The highest BCUT2D eigenvalue weighted by atomic mass is 35.5. The molecular weight excluding hydrogens is 418 g/mol. The Labute approximate surface area is 198 Å². The zero-order valence-electron chi connectivity index (χ0n) is 19.5. The van der Waals surface area contributed by atoms with Crippen molar-refractivity contribution < 1.29 is 9.84 Å². The van der Waals surface area contributed by atoms with E-state index in [-0.39, 0.29) is 23.9 Å². The molecule has 5 rings (SSSR count). The molecule has 0 spiro atoms. The van der Waals surface area contributed by atoms with Gasteiger partial charge in [0, 0.05) is 6.54 Å². The molecule has 3 nitrogen and oxygen atoms in total. The molecule has 2 aromatic carbocycles. The minimum atomic E-state index is -0.152. The number of halogens is 1. The number of aliphatic hydroxyl groups is 1. The molecule has 0 heterocycles. The molecule has 3 aliphatic rings. The molecule has 0 aliphatic heterocycles. The first-order valence-electron chi connectivity index (χ1n) is 11.8.